The molecule has 19 heavy (non-hydrogen) atoms. The predicted molar refractivity (Wildman–Crippen MR) is 70.9 cm³/mol. The number of nitrogens with zero attached hydrogens (tertiary/aromatic N) is 1. The Labute approximate surface area is 112 Å². The highest BCUT2D eigenvalue weighted by atomic mass is 16.6. The Hall–Kier alpha value is -1.75. The van der Waals surface area contributed by atoms with Gasteiger partial charge in [-0.15, -0.1) is 0 Å². The fraction of sp³-hybridized carbons (Fsp3) is 0.500. The first-order valence-corrected chi connectivity index (χ1v) is 6.66. The van der Waals surface area contributed by atoms with Crippen LogP contribution < -0.4 is 14.8 Å². The number of carbonyl (C=O) groups is 1. The first-order valence-electron chi connectivity index (χ1n) is 6.66. The molecule has 0 unspecified atom stereocenters. The van der Waals surface area contributed by atoms with Crippen molar-refractivity contribution >= 4 is 5.91 Å². The van der Waals surface area contributed by atoms with E-state index in [1.807, 2.05) is 24.0 Å². The quantitative estimate of drug-likeness (QED) is 0.814. The summed E-state index contributed by atoms with van der Waals surface area (Å²) >= 11 is 0. The van der Waals surface area contributed by atoms with Crippen LogP contribution >= 0.6 is 0 Å². The van der Waals surface area contributed by atoms with Crippen molar-refractivity contribution in [2.45, 2.75) is 6.92 Å². The molecule has 0 atom stereocenters. The van der Waals surface area contributed by atoms with Gasteiger partial charge in [0, 0.05) is 31.7 Å². The maximum atomic E-state index is 12.5. The third-order valence-corrected chi connectivity index (χ3v) is 3.52. The van der Waals surface area contributed by atoms with Crippen molar-refractivity contribution in [1.82, 2.24) is 10.2 Å². The monoisotopic (exact) mass is 262 g/mol. The number of amides is 1. The standard InChI is InChI=1S/C14H18N2O3/c1-10-8-12-13(19-7-6-18-12)9-11(10)14(17)16-4-2-15-3-5-16/h8-9,15H,2-7H2,1H3. The van der Waals surface area contributed by atoms with E-state index in [9.17, 15) is 4.79 Å². The Kier molecular flexibility index (Phi) is 3.29. The molecular weight excluding hydrogens is 244 g/mol. The molecule has 2 heterocycles. The first-order chi connectivity index (χ1) is 9.25. The van der Waals surface area contributed by atoms with Crippen LogP contribution in [0.4, 0.5) is 0 Å². The predicted octanol–water partition coefficient (Wildman–Crippen LogP) is 0.812. The Bertz CT molecular complexity index is 496. The van der Waals surface area contributed by atoms with Crippen molar-refractivity contribution in [3.8, 4) is 11.5 Å². The van der Waals surface area contributed by atoms with Gasteiger partial charge >= 0.3 is 0 Å². The van der Waals surface area contributed by atoms with Gasteiger partial charge in [0.2, 0.25) is 0 Å². The number of carbonyl (C=O) groups excluding carboxylic acids is 1. The second kappa shape index (κ2) is 5.09. The highest BCUT2D eigenvalue weighted by Gasteiger charge is 2.22. The van der Waals surface area contributed by atoms with Crippen LogP contribution in [0.25, 0.3) is 0 Å². The lowest BCUT2D eigenvalue weighted by molar-refractivity contribution is 0.0734. The number of hydrogen-bond donors (Lipinski definition) is 1. The molecule has 1 aromatic rings. The molecule has 2 aliphatic heterocycles. The van der Waals surface area contributed by atoms with Crippen LogP contribution in [0.3, 0.4) is 0 Å². The second-order valence-electron chi connectivity index (χ2n) is 4.85. The van der Waals surface area contributed by atoms with Crippen LogP contribution in [-0.2, 0) is 0 Å². The van der Waals surface area contributed by atoms with E-state index in [4.69, 9.17) is 9.47 Å². The fourth-order valence-electron chi connectivity index (χ4n) is 2.46. The van der Waals surface area contributed by atoms with E-state index in [0.29, 0.717) is 24.5 Å². The maximum absolute atomic E-state index is 12.5. The number of piperazine rings is 1. The largest absolute Gasteiger partial charge is 0.486 e. The third kappa shape index (κ3) is 2.38. The molecule has 5 heteroatoms. The van der Waals surface area contributed by atoms with Gasteiger partial charge in [-0.3, -0.25) is 4.79 Å². The normalized spacial score (nSPS) is 18.3. The molecule has 0 radical (unpaired) electrons. The molecule has 1 fully saturated rings. The van der Waals surface area contributed by atoms with Gasteiger partial charge in [-0.25, -0.2) is 0 Å². The summed E-state index contributed by atoms with van der Waals surface area (Å²) in [5.74, 6) is 1.49. The van der Waals surface area contributed by atoms with Gasteiger partial charge in [-0.1, -0.05) is 0 Å². The Morgan fingerprint density at radius 2 is 1.79 bits per heavy atom. The third-order valence-electron chi connectivity index (χ3n) is 3.52. The van der Waals surface area contributed by atoms with Gasteiger partial charge in [-0.05, 0) is 24.6 Å². The van der Waals surface area contributed by atoms with Crippen LogP contribution in [0.2, 0.25) is 0 Å². The minimum Gasteiger partial charge on any atom is -0.486 e. The van der Waals surface area contributed by atoms with E-state index in [1.54, 1.807) is 0 Å². The summed E-state index contributed by atoms with van der Waals surface area (Å²) in [6, 6.07) is 3.71. The molecule has 0 aromatic heterocycles. The van der Waals surface area contributed by atoms with Crippen molar-refractivity contribution < 1.29 is 14.3 Å². The number of fused-ring (bicyclic) bond motifs is 1. The van der Waals surface area contributed by atoms with E-state index in [0.717, 1.165) is 37.5 Å². The molecule has 3 rings (SSSR count). The second-order valence-corrected chi connectivity index (χ2v) is 4.85. The van der Waals surface area contributed by atoms with Crippen LogP contribution in [0, 0.1) is 6.92 Å². The zero-order chi connectivity index (χ0) is 13.2. The fourth-order valence-corrected chi connectivity index (χ4v) is 2.46. The zero-order valence-corrected chi connectivity index (χ0v) is 11.1. The summed E-state index contributed by atoms with van der Waals surface area (Å²) in [5, 5.41) is 3.25. The summed E-state index contributed by atoms with van der Waals surface area (Å²) < 4.78 is 11.1. The van der Waals surface area contributed by atoms with Gasteiger partial charge in [0.05, 0.1) is 0 Å². The smallest absolute Gasteiger partial charge is 0.254 e. The summed E-state index contributed by atoms with van der Waals surface area (Å²) in [6.07, 6.45) is 0. The molecule has 1 aromatic carbocycles. The Balaban J connectivity index is 1.89. The molecule has 102 valence electrons. The van der Waals surface area contributed by atoms with Crippen LogP contribution in [-0.4, -0.2) is 50.2 Å². The highest BCUT2D eigenvalue weighted by Crippen LogP contribution is 2.33. The number of ether oxygens (including phenoxy) is 2. The highest BCUT2D eigenvalue weighted by molar-refractivity contribution is 5.96. The number of hydrogen-bond acceptors (Lipinski definition) is 4. The summed E-state index contributed by atoms with van der Waals surface area (Å²) in [6.45, 7) is 6.27. The zero-order valence-electron chi connectivity index (χ0n) is 11.1. The molecule has 1 saturated heterocycles. The average Bonchev–Trinajstić information content (AvgIpc) is 2.47. The minimum absolute atomic E-state index is 0.0796. The number of aryl methyl sites for hydroxylation is 1. The van der Waals surface area contributed by atoms with Crippen molar-refractivity contribution in [2.24, 2.45) is 0 Å². The lowest BCUT2D eigenvalue weighted by atomic mass is 10.1. The van der Waals surface area contributed by atoms with E-state index in [2.05, 4.69) is 5.32 Å². The van der Waals surface area contributed by atoms with Crippen LogP contribution in [0.15, 0.2) is 12.1 Å². The molecule has 2 aliphatic rings. The molecular formula is C14H18N2O3. The van der Waals surface area contributed by atoms with Crippen LogP contribution in [0.1, 0.15) is 15.9 Å². The topological polar surface area (TPSA) is 50.8 Å². The molecule has 5 nitrogen and oxygen atoms in total. The van der Waals surface area contributed by atoms with Gasteiger partial charge in [0.15, 0.2) is 11.5 Å². The summed E-state index contributed by atoms with van der Waals surface area (Å²) in [4.78, 5) is 14.4. The Morgan fingerprint density at radius 3 is 2.47 bits per heavy atom. The van der Waals surface area contributed by atoms with Gasteiger partial charge in [0.1, 0.15) is 13.2 Å². The molecule has 0 aliphatic carbocycles. The number of benzene rings is 1. The van der Waals surface area contributed by atoms with E-state index in [-0.39, 0.29) is 5.91 Å². The SMILES string of the molecule is Cc1cc2c(cc1C(=O)N1CCNCC1)OCCO2. The van der Waals surface area contributed by atoms with Gasteiger partial charge in [-0.2, -0.15) is 0 Å². The molecule has 1 N–H and O–H groups in total. The molecule has 0 spiro atoms. The molecule has 0 bridgehead atoms. The van der Waals surface area contributed by atoms with Crippen molar-refractivity contribution in [1.29, 1.82) is 0 Å². The first kappa shape index (κ1) is 12.3. The Morgan fingerprint density at radius 1 is 1.16 bits per heavy atom. The lowest BCUT2D eigenvalue weighted by Crippen LogP contribution is -2.46. The van der Waals surface area contributed by atoms with Crippen molar-refractivity contribution in [2.75, 3.05) is 39.4 Å². The van der Waals surface area contributed by atoms with Crippen molar-refractivity contribution in [3.05, 3.63) is 23.3 Å². The van der Waals surface area contributed by atoms with Crippen molar-refractivity contribution in [3.63, 3.8) is 0 Å². The summed E-state index contributed by atoms with van der Waals surface area (Å²) in [5.41, 5.74) is 1.65. The minimum atomic E-state index is 0.0796. The lowest BCUT2D eigenvalue weighted by Gasteiger charge is -2.28. The van der Waals surface area contributed by atoms with Gasteiger partial charge in [0.25, 0.3) is 5.91 Å². The average molecular weight is 262 g/mol. The maximum Gasteiger partial charge on any atom is 0.254 e. The summed E-state index contributed by atoms with van der Waals surface area (Å²) in [7, 11) is 0. The van der Waals surface area contributed by atoms with E-state index < -0.39 is 0 Å². The molecule has 1 amide bonds. The van der Waals surface area contributed by atoms with Gasteiger partial charge < -0.3 is 19.7 Å². The number of nitrogens with one attached hydrogen (secondary N) is 1. The van der Waals surface area contributed by atoms with Crippen LogP contribution in [0.5, 0.6) is 11.5 Å². The number of rotatable bonds is 1. The molecule has 0 saturated carbocycles. The van der Waals surface area contributed by atoms with E-state index in [1.165, 1.54) is 0 Å². The van der Waals surface area contributed by atoms with E-state index >= 15 is 0 Å².